The summed E-state index contributed by atoms with van der Waals surface area (Å²) in [5, 5.41) is 0. The number of amides is 1. The minimum atomic E-state index is -0.311. The molecular weight excluding hydrogens is 228 g/mol. The molecule has 0 aromatic heterocycles. The van der Waals surface area contributed by atoms with Gasteiger partial charge in [-0.05, 0) is 23.1 Å². The van der Waals surface area contributed by atoms with E-state index in [0.717, 1.165) is 5.69 Å². The number of nitrogens with two attached hydrogens (primary N) is 1. The zero-order valence-corrected chi connectivity index (χ0v) is 11.1. The molecule has 0 aliphatic carbocycles. The predicted octanol–water partition coefficient (Wildman–Crippen LogP) is 2.27. The van der Waals surface area contributed by atoms with Crippen LogP contribution in [0.15, 0.2) is 24.3 Å². The first-order chi connectivity index (χ1) is 8.41. The molecule has 98 valence electrons. The lowest BCUT2D eigenvalue weighted by Crippen LogP contribution is -2.27. The molecule has 0 spiro atoms. The summed E-state index contributed by atoms with van der Waals surface area (Å²) in [6, 6.07) is 8.03. The molecule has 0 bridgehead atoms. The lowest BCUT2D eigenvalue weighted by atomic mass is 9.87. The highest BCUT2D eigenvalue weighted by atomic mass is 16.6. The van der Waals surface area contributed by atoms with Crippen molar-refractivity contribution in [3.8, 4) is 0 Å². The molecule has 0 radical (unpaired) electrons. The fourth-order valence-corrected chi connectivity index (χ4v) is 2.00. The number of benzene rings is 1. The van der Waals surface area contributed by atoms with Crippen molar-refractivity contribution in [3.05, 3.63) is 29.8 Å². The molecule has 1 aliphatic rings. The van der Waals surface area contributed by atoms with E-state index in [1.54, 1.807) is 4.90 Å². The topological polar surface area (TPSA) is 55.6 Å². The summed E-state index contributed by atoms with van der Waals surface area (Å²) in [5.41, 5.74) is 7.74. The Morgan fingerprint density at radius 2 is 1.94 bits per heavy atom. The van der Waals surface area contributed by atoms with Gasteiger partial charge in [0.1, 0.15) is 6.10 Å². The summed E-state index contributed by atoms with van der Waals surface area (Å²) in [6.07, 6.45) is -0.506. The molecule has 0 unspecified atom stereocenters. The highest BCUT2D eigenvalue weighted by Crippen LogP contribution is 2.26. The smallest absolute Gasteiger partial charge is 0.414 e. The second-order valence-electron chi connectivity index (χ2n) is 5.65. The van der Waals surface area contributed by atoms with Crippen LogP contribution in [-0.4, -0.2) is 25.3 Å². The van der Waals surface area contributed by atoms with Crippen LogP contribution in [0, 0.1) is 0 Å². The quantitative estimate of drug-likeness (QED) is 0.873. The number of ether oxygens (including phenoxy) is 1. The van der Waals surface area contributed by atoms with Gasteiger partial charge in [-0.1, -0.05) is 32.9 Å². The first-order valence-electron chi connectivity index (χ1n) is 6.20. The van der Waals surface area contributed by atoms with E-state index in [9.17, 15) is 4.79 Å². The third kappa shape index (κ3) is 2.48. The summed E-state index contributed by atoms with van der Waals surface area (Å²) >= 11 is 0. The maximum absolute atomic E-state index is 11.7. The Bertz CT molecular complexity index is 434. The Morgan fingerprint density at radius 1 is 1.33 bits per heavy atom. The zero-order chi connectivity index (χ0) is 13.3. The van der Waals surface area contributed by atoms with Crippen molar-refractivity contribution in [1.29, 1.82) is 0 Å². The van der Waals surface area contributed by atoms with Crippen LogP contribution in [0.3, 0.4) is 0 Å². The molecule has 4 nitrogen and oxygen atoms in total. The molecule has 1 amide bonds. The van der Waals surface area contributed by atoms with Gasteiger partial charge in [0.15, 0.2) is 0 Å². The lowest BCUT2D eigenvalue weighted by Gasteiger charge is -2.20. The predicted molar refractivity (Wildman–Crippen MR) is 71.8 cm³/mol. The molecule has 1 aromatic rings. The number of rotatable bonds is 2. The molecule has 2 N–H and O–H groups in total. The summed E-state index contributed by atoms with van der Waals surface area (Å²) in [5.74, 6) is 0. The van der Waals surface area contributed by atoms with Crippen LogP contribution >= 0.6 is 0 Å². The summed E-state index contributed by atoms with van der Waals surface area (Å²) in [7, 11) is 0. The fourth-order valence-electron chi connectivity index (χ4n) is 2.00. The van der Waals surface area contributed by atoms with Crippen molar-refractivity contribution in [2.75, 3.05) is 18.0 Å². The number of hydrogen-bond acceptors (Lipinski definition) is 3. The van der Waals surface area contributed by atoms with Crippen LogP contribution < -0.4 is 10.6 Å². The Morgan fingerprint density at radius 3 is 2.39 bits per heavy atom. The average molecular weight is 248 g/mol. The van der Waals surface area contributed by atoms with Crippen LogP contribution in [0.25, 0.3) is 0 Å². The van der Waals surface area contributed by atoms with E-state index in [1.807, 2.05) is 12.1 Å². The number of carbonyl (C=O) groups excluding carboxylic acids is 1. The number of hydrogen-bond donors (Lipinski definition) is 1. The molecule has 1 atom stereocenters. The SMILES string of the molecule is CC(C)(C)c1ccc(N2C[C@@H](CN)OC2=O)cc1. The van der Waals surface area contributed by atoms with Crippen LogP contribution in [0.5, 0.6) is 0 Å². The van der Waals surface area contributed by atoms with E-state index < -0.39 is 0 Å². The number of nitrogens with zero attached hydrogens (tertiary/aromatic N) is 1. The Balaban J connectivity index is 2.18. The van der Waals surface area contributed by atoms with Gasteiger partial charge in [0, 0.05) is 12.2 Å². The molecular formula is C14H20N2O2. The monoisotopic (exact) mass is 248 g/mol. The normalized spacial score (nSPS) is 20.1. The maximum Gasteiger partial charge on any atom is 0.414 e. The van der Waals surface area contributed by atoms with E-state index in [2.05, 4.69) is 32.9 Å². The van der Waals surface area contributed by atoms with E-state index >= 15 is 0 Å². The number of carbonyl (C=O) groups is 1. The second kappa shape index (κ2) is 4.61. The first kappa shape index (κ1) is 12.9. The lowest BCUT2D eigenvalue weighted by molar-refractivity contribution is 0.145. The van der Waals surface area contributed by atoms with Crippen molar-refractivity contribution < 1.29 is 9.53 Å². The van der Waals surface area contributed by atoms with E-state index in [-0.39, 0.29) is 17.6 Å². The van der Waals surface area contributed by atoms with Gasteiger partial charge in [-0.3, -0.25) is 4.90 Å². The van der Waals surface area contributed by atoms with Crippen molar-refractivity contribution in [2.24, 2.45) is 5.73 Å². The molecule has 1 saturated heterocycles. The summed E-state index contributed by atoms with van der Waals surface area (Å²) in [4.78, 5) is 13.3. The first-order valence-corrected chi connectivity index (χ1v) is 6.20. The molecule has 2 rings (SSSR count). The minimum absolute atomic E-state index is 0.115. The zero-order valence-electron chi connectivity index (χ0n) is 11.1. The van der Waals surface area contributed by atoms with Crippen LogP contribution in [0.1, 0.15) is 26.3 Å². The molecule has 4 heteroatoms. The standard InChI is InChI=1S/C14H20N2O2/c1-14(2,3)10-4-6-11(7-5-10)16-9-12(8-15)18-13(16)17/h4-7,12H,8-9,15H2,1-3H3/t12-/m1/s1. The largest absolute Gasteiger partial charge is 0.443 e. The van der Waals surface area contributed by atoms with E-state index in [0.29, 0.717) is 13.1 Å². The maximum atomic E-state index is 11.7. The summed E-state index contributed by atoms with van der Waals surface area (Å²) < 4.78 is 5.14. The minimum Gasteiger partial charge on any atom is -0.443 e. The van der Waals surface area contributed by atoms with E-state index in [1.165, 1.54) is 5.56 Å². The van der Waals surface area contributed by atoms with Crippen LogP contribution in [0.2, 0.25) is 0 Å². The van der Waals surface area contributed by atoms with Crippen LogP contribution in [-0.2, 0) is 10.2 Å². The van der Waals surface area contributed by atoms with Gasteiger partial charge in [0.05, 0.1) is 6.54 Å². The number of cyclic esters (lactones) is 1. The third-order valence-corrected chi connectivity index (χ3v) is 3.18. The second-order valence-corrected chi connectivity index (χ2v) is 5.65. The fraction of sp³-hybridized carbons (Fsp3) is 0.500. The van der Waals surface area contributed by atoms with Gasteiger partial charge in [0.2, 0.25) is 0 Å². The summed E-state index contributed by atoms with van der Waals surface area (Å²) in [6.45, 7) is 7.39. The molecule has 1 heterocycles. The van der Waals surface area contributed by atoms with Gasteiger partial charge in [-0.2, -0.15) is 0 Å². The molecule has 1 aromatic carbocycles. The molecule has 1 fully saturated rings. The average Bonchev–Trinajstić information content (AvgIpc) is 2.70. The highest BCUT2D eigenvalue weighted by molar-refractivity contribution is 5.89. The highest BCUT2D eigenvalue weighted by Gasteiger charge is 2.31. The van der Waals surface area contributed by atoms with E-state index in [4.69, 9.17) is 10.5 Å². The van der Waals surface area contributed by atoms with Crippen molar-refractivity contribution in [2.45, 2.75) is 32.3 Å². The van der Waals surface area contributed by atoms with Crippen LogP contribution in [0.4, 0.5) is 10.5 Å². The van der Waals surface area contributed by atoms with Crippen molar-refractivity contribution >= 4 is 11.8 Å². The van der Waals surface area contributed by atoms with Crippen molar-refractivity contribution in [1.82, 2.24) is 0 Å². The van der Waals surface area contributed by atoms with Gasteiger partial charge in [-0.25, -0.2) is 4.79 Å². The van der Waals surface area contributed by atoms with Gasteiger partial charge >= 0.3 is 6.09 Å². The van der Waals surface area contributed by atoms with Gasteiger partial charge in [-0.15, -0.1) is 0 Å². The van der Waals surface area contributed by atoms with Gasteiger partial charge < -0.3 is 10.5 Å². The Kier molecular flexibility index (Phi) is 3.30. The molecule has 18 heavy (non-hydrogen) atoms. The molecule has 0 saturated carbocycles. The van der Waals surface area contributed by atoms with Crippen molar-refractivity contribution in [3.63, 3.8) is 0 Å². The third-order valence-electron chi connectivity index (χ3n) is 3.18. The Labute approximate surface area is 108 Å². The molecule has 1 aliphatic heterocycles. The Hall–Kier alpha value is -1.55. The number of anilines is 1. The van der Waals surface area contributed by atoms with Gasteiger partial charge in [0.25, 0.3) is 0 Å².